The van der Waals surface area contributed by atoms with Crippen molar-refractivity contribution in [3.8, 4) is 11.3 Å². The lowest BCUT2D eigenvalue weighted by atomic mass is 10.0. The first-order chi connectivity index (χ1) is 16.9. The van der Waals surface area contributed by atoms with Crippen molar-refractivity contribution in [3.63, 3.8) is 0 Å². The van der Waals surface area contributed by atoms with Gasteiger partial charge in [0, 0.05) is 35.6 Å². The highest BCUT2D eigenvalue weighted by Crippen LogP contribution is 2.32. The smallest absolute Gasteiger partial charge is 0.338 e. The number of hydrogen-bond donors (Lipinski definition) is 2. The number of nitrogens with zero attached hydrogens (tertiary/aromatic N) is 2. The van der Waals surface area contributed by atoms with E-state index in [0.29, 0.717) is 29.9 Å². The van der Waals surface area contributed by atoms with E-state index in [9.17, 15) is 9.18 Å². The quantitative estimate of drug-likeness (QED) is 0.206. The summed E-state index contributed by atoms with van der Waals surface area (Å²) in [5, 5.41) is 4.66. The van der Waals surface area contributed by atoms with Crippen LogP contribution in [0.15, 0.2) is 42.5 Å². The number of hydrogen-bond acceptors (Lipinski definition) is 5. The number of aromatic nitrogens is 2. The van der Waals surface area contributed by atoms with Gasteiger partial charge in [-0.2, -0.15) is 0 Å². The Morgan fingerprint density at radius 1 is 1.11 bits per heavy atom. The Morgan fingerprint density at radius 2 is 1.94 bits per heavy atom. The molecule has 0 fully saturated rings. The maximum Gasteiger partial charge on any atom is 0.338 e. The first-order valence-electron chi connectivity index (χ1n) is 12.2. The summed E-state index contributed by atoms with van der Waals surface area (Å²) in [6.45, 7) is 6.02. The predicted octanol–water partition coefficient (Wildman–Crippen LogP) is 6.36. The minimum absolute atomic E-state index is 0.304. The fourth-order valence-electron chi connectivity index (χ4n) is 4.46. The van der Waals surface area contributed by atoms with Crippen LogP contribution in [0.5, 0.6) is 0 Å². The molecule has 0 atom stereocenters. The normalized spacial score (nSPS) is 11.5. The van der Waals surface area contributed by atoms with Gasteiger partial charge in [0.05, 0.1) is 23.4 Å². The molecule has 0 aliphatic rings. The van der Waals surface area contributed by atoms with Crippen LogP contribution in [0.4, 0.5) is 10.1 Å². The third-order valence-corrected chi connectivity index (χ3v) is 6.22. The number of esters is 1. The number of fused-ring (bicyclic) bond motifs is 2. The highest BCUT2D eigenvalue weighted by Gasteiger charge is 2.16. The molecule has 4 aromatic rings. The van der Waals surface area contributed by atoms with Gasteiger partial charge < -0.3 is 19.9 Å². The van der Waals surface area contributed by atoms with Crippen LogP contribution in [0.25, 0.3) is 33.2 Å². The van der Waals surface area contributed by atoms with E-state index in [-0.39, 0.29) is 11.8 Å². The summed E-state index contributed by atoms with van der Waals surface area (Å²) in [5.74, 6) is -0.623. The number of pyridine rings is 1. The fraction of sp³-hybridized carbons (Fsp3) is 0.357. The van der Waals surface area contributed by atoms with Gasteiger partial charge in [0.1, 0.15) is 11.5 Å². The van der Waals surface area contributed by atoms with Crippen LogP contribution < -0.4 is 5.32 Å². The molecular formula is C28H33FN4O2. The summed E-state index contributed by atoms with van der Waals surface area (Å²) in [7, 11) is 3.86. The molecule has 2 aromatic heterocycles. The van der Waals surface area contributed by atoms with Crippen LogP contribution >= 0.6 is 0 Å². The average molecular weight is 477 g/mol. The van der Waals surface area contributed by atoms with Crippen molar-refractivity contribution in [2.45, 2.75) is 39.7 Å². The molecular weight excluding hydrogens is 443 g/mol. The van der Waals surface area contributed by atoms with Crippen LogP contribution in [-0.2, 0) is 11.3 Å². The average Bonchev–Trinajstić information content (AvgIpc) is 3.25. The molecule has 6 nitrogen and oxygen atoms in total. The molecule has 0 radical (unpaired) electrons. The molecule has 0 bridgehead atoms. The highest BCUT2D eigenvalue weighted by molar-refractivity contribution is 5.99. The van der Waals surface area contributed by atoms with Gasteiger partial charge in [-0.1, -0.05) is 25.8 Å². The third-order valence-electron chi connectivity index (χ3n) is 6.22. The Bertz CT molecular complexity index is 1350. The SMILES string of the molecule is CCCCCN(C)Cc1cc(C(=O)OCC)ccc1-c1cc2cc3cc(F)cc(NC)c3nc2[nH]1. The second-order valence-corrected chi connectivity index (χ2v) is 8.92. The van der Waals surface area contributed by atoms with Gasteiger partial charge in [-0.05, 0) is 68.9 Å². The first kappa shape index (κ1) is 24.7. The molecule has 0 aliphatic heterocycles. The first-order valence-corrected chi connectivity index (χ1v) is 12.2. The highest BCUT2D eigenvalue weighted by atomic mass is 19.1. The molecule has 0 unspecified atom stereocenters. The lowest BCUT2D eigenvalue weighted by Crippen LogP contribution is -2.20. The van der Waals surface area contributed by atoms with Crippen molar-refractivity contribution in [3.05, 3.63) is 59.4 Å². The molecule has 0 saturated carbocycles. The number of anilines is 1. The Labute approximate surface area is 205 Å². The van der Waals surface area contributed by atoms with Crippen LogP contribution in [-0.4, -0.2) is 48.1 Å². The van der Waals surface area contributed by atoms with E-state index in [1.54, 1.807) is 13.1 Å². The Balaban J connectivity index is 1.76. The molecule has 2 N–H and O–H groups in total. The van der Waals surface area contributed by atoms with Crippen molar-refractivity contribution in [2.75, 3.05) is 32.6 Å². The van der Waals surface area contributed by atoms with Crippen LogP contribution in [0.1, 0.15) is 49.0 Å². The summed E-state index contributed by atoms with van der Waals surface area (Å²) in [5.41, 5.74) is 5.57. The number of unbranched alkanes of at least 4 members (excludes halogenated alkanes) is 2. The topological polar surface area (TPSA) is 70.2 Å². The standard InChI is InChI=1S/C28H33FN4O2/c1-5-7-8-11-33(4)17-21-12-18(28(34)35-6-2)9-10-23(21)24-15-20-13-19-14-22(29)16-25(30-3)26(19)32-27(20)31-24/h9-10,12-16,30H,5-8,11,17H2,1-4H3,(H,31,32). The molecule has 2 aromatic carbocycles. The van der Waals surface area contributed by atoms with Gasteiger partial charge in [-0.25, -0.2) is 14.2 Å². The summed E-state index contributed by atoms with van der Waals surface area (Å²) in [6.07, 6.45) is 3.50. The minimum atomic E-state index is -0.319. The number of halogens is 1. The number of rotatable bonds is 10. The molecule has 0 amide bonds. The maximum atomic E-state index is 14.1. The van der Waals surface area contributed by atoms with Crippen molar-refractivity contribution in [2.24, 2.45) is 0 Å². The second-order valence-electron chi connectivity index (χ2n) is 8.92. The van der Waals surface area contributed by atoms with Crippen molar-refractivity contribution in [1.29, 1.82) is 0 Å². The zero-order valence-corrected chi connectivity index (χ0v) is 20.9. The van der Waals surface area contributed by atoms with E-state index in [2.05, 4.69) is 29.2 Å². The summed E-state index contributed by atoms with van der Waals surface area (Å²) in [6, 6.07) is 12.6. The fourth-order valence-corrected chi connectivity index (χ4v) is 4.46. The Hall–Kier alpha value is -3.45. The Morgan fingerprint density at radius 3 is 2.69 bits per heavy atom. The molecule has 35 heavy (non-hydrogen) atoms. The van der Waals surface area contributed by atoms with E-state index >= 15 is 0 Å². The van der Waals surface area contributed by atoms with Gasteiger partial charge >= 0.3 is 5.97 Å². The summed E-state index contributed by atoms with van der Waals surface area (Å²) >= 11 is 0. The number of H-pyrrole nitrogens is 1. The molecule has 184 valence electrons. The molecule has 0 aliphatic carbocycles. The van der Waals surface area contributed by atoms with Crippen molar-refractivity contribution >= 4 is 33.6 Å². The lowest BCUT2D eigenvalue weighted by molar-refractivity contribution is 0.0526. The number of carbonyl (C=O) groups excluding carboxylic acids is 1. The summed E-state index contributed by atoms with van der Waals surface area (Å²) in [4.78, 5) is 22.9. The largest absolute Gasteiger partial charge is 0.462 e. The minimum Gasteiger partial charge on any atom is -0.462 e. The van der Waals surface area contributed by atoms with Gasteiger partial charge in [0.2, 0.25) is 0 Å². The van der Waals surface area contributed by atoms with E-state index in [0.717, 1.165) is 46.2 Å². The van der Waals surface area contributed by atoms with Gasteiger partial charge in [-0.15, -0.1) is 0 Å². The zero-order chi connectivity index (χ0) is 24.9. The second kappa shape index (κ2) is 10.9. The zero-order valence-electron chi connectivity index (χ0n) is 20.9. The summed E-state index contributed by atoms with van der Waals surface area (Å²) < 4.78 is 19.3. The van der Waals surface area contributed by atoms with E-state index in [1.165, 1.54) is 25.0 Å². The predicted molar refractivity (Wildman–Crippen MR) is 140 cm³/mol. The number of nitrogens with one attached hydrogen (secondary N) is 2. The monoisotopic (exact) mass is 476 g/mol. The molecule has 4 rings (SSSR count). The molecule has 0 spiro atoms. The molecule has 0 saturated heterocycles. The number of ether oxygens (including phenoxy) is 1. The number of benzene rings is 2. The van der Waals surface area contributed by atoms with Crippen molar-refractivity contribution in [1.82, 2.24) is 14.9 Å². The van der Waals surface area contributed by atoms with Crippen molar-refractivity contribution < 1.29 is 13.9 Å². The van der Waals surface area contributed by atoms with E-state index in [1.807, 2.05) is 31.2 Å². The number of aromatic amines is 1. The van der Waals surface area contributed by atoms with Gasteiger partial charge in [0.25, 0.3) is 0 Å². The van der Waals surface area contributed by atoms with E-state index in [4.69, 9.17) is 9.72 Å². The Kier molecular flexibility index (Phi) is 7.66. The van der Waals surface area contributed by atoms with Gasteiger partial charge in [-0.3, -0.25) is 0 Å². The molecule has 7 heteroatoms. The van der Waals surface area contributed by atoms with E-state index < -0.39 is 0 Å². The van der Waals surface area contributed by atoms with Crippen LogP contribution in [0.3, 0.4) is 0 Å². The van der Waals surface area contributed by atoms with Crippen LogP contribution in [0.2, 0.25) is 0 Å². The third kappa shape index (κ3) is 5.46. The lowest BCUT2D eigenvalue weighted by Gasteiger charge is -2.19. The number of carbonyl (C=O) groups is 1. The maximum absolute atomic E-state index is 14.1. The van der Waals surface area contributed by atoms with Crippen LogP contribution in [0, 0.1) is 5.82 Å². The molecule has 2 heterocycles. The van der Waals surface area contributed by atoms with Gasteiger partial charge in [0.15, 0.2) is 0 Å².